The summed E-state index contributed by atoms with van der Waals surface area (Å²) in [5.41, 5.74) is 3.14. The summed E-state index contributed by atoms with van der Waals surface area (Å²) >= 11 is 2.80. The third kappa shape index (κ3) is 6.92. The van der Waals surface area contributed by atoms with E-state index in [1.54, 1.807) is 53.6 Å². The summed E-state index contributed by atoms with van der Waals surface area (Å²) in [4.78, 5) is 45.2. The third-order valence-electron chi connectivity index (χ3n) is 7.85. The molecule has 0 radical (unpaired) electrons. The number of carbonyl (C=O) groups excluding carboxylic acids is 1. The van der Waals surface area contributed by atoms with E-state index in [4.69, 9.17) is 19.2 Å². The monoisotopic (exact) mass is 693 g/mol. The van der Waals surface area contributed by atoms with E-state index in [9.17, 15) is 19.7 Å². The number of thiazole rings is 1. The van der Waals surface area contributed by atoms with Gasteiger partial charge in [0, 0.05) is 28.2 Å². The lowest BCUT2D eigenvalue weighted by molar-refractivity contribution is -0.384. The van der Waals surface area contributed by atoms with Gasteiger partial charge in [0.05, 0.1) is 40.5 Å². The molecule has 12 heteroatoms. The zero-order valence-corrected chi connectivity index (χ0v) is 28.5. The number of thioether (sulfide) groups is 1. The number of hydrogen-bond acceptors (Lipinski definition) is 10. The number of aromatic nitrogens is 1. The Balaban J connectivity index is 1.51. The number of para-hydroxylation sites is 1. The van der Waals surface area contributed by atoms with Crippen molar-refractivity contribution in [2.75, 3.05) is 20.0 Å². The van der Waals surface area contributed by atoms with Crippen LogP contribution in [0.3, 0.4) is 0 Å². The summed E-state index contributed by atoms with van der Waals surface area (Å²) in [6, 6.07) is 27.8. The van der Waals surface area contributed by atoms with Crippen LogP contribution < -0.4 is 24.4 Å². The molecule has 0 unspecified atom stereocenters. The molecule has 0 saturated heterocycles. The fourth-order valence-corrected chi connectivity index (χ4v) is 6.91. The number of non-ortho nitro benzene ring substituents is 1. The van der Waals surface area contributed by atoms with Gasteiger partial charge in [-0.15, -0.1) is 11.8 Å². The number of nitro benzene ring substituents is 1. The molecule has 6 rings (SSSR count). The Bertz CT molecular complexity index is 2230. The molecule has 10 nitrogen and oxygen atoms in total. The van der Waals surface area contributed by atoms with Crippen LogP contribution in [-0.2, 0) is 16.1 Å². The highest BCUT2D eigenvalue weighted by Crippen LogP contribution is 2.36. The number of fused-ring (bicyclic) bond motifs is 1. The van der Waals surface area contributed by atoms with Crippen molar-refractivity contribution >= 4 is 46.5 Å². The van der Waals surface area contributed by atoms with Crippen LogP contribution in [-0.4, -0.2) is 35.4 Å². The molecule has 0 bridgehead atoms. The minimum atomic E-state index is -0.799. The molecule has 0 fully saturated rings. The van der Waals surface area contributed by atoms with Crippen LogP contribution >= 0.6 is 23.1 Å². The maximum absolute atomic E-state index is 14.4. The Morgan fingerprint density at radius 3 is 2.41 bits per heavy atom. The van der Waals surface area contributed by atoms with E-state index >= 15 is 0 Å². The third-order valence-corrected chi connectivity index (χ3v) is 9.58. The van der Waals surface area contributed by atoms with Gasteiger partial charge in [-0.1, -0.05) is 65.9 Å². The number of carbonyl (C=O) groups is 1. The largest absolute Gasteiger partial charge is 0.493 e. The first kappa shape index (κ1) is 33.4. The van der Waals surface area contributed by atoms with Crippen molar-refractivity contribution in [3.63, 3.8) is 0 Å². The Kier molecular flexibility index (Phi) is 10.1. The number of hydrogen-bond donors (Lipinski definition) is 0. The second kappa shape index (κ2) is 14.8. The SMILES string of the molecule is CCOC(=O)C1=C(c2ccccc2)N=c2s/c(=C\c3cccc(OC)c3OCc3ccc([N+](=O)[O-])cc3)c(=O)n2[C@H]1c1ccc(SC)cc1. The standard InChI is InChI=1S/C37H31N3O7S2/c1-4-46-36(42)31-32(24-9-6-5-7-10-24)38-37-39(33(31)25-15-19-28(48-3)20-16-25)35(41)30(49-37)21-26-11-8-12-29(45-2)34(26)47-22-23-13-17-27(18-14-23)40(43)44/h5-21,33H,4,22H2,1-3H3/b30-21-/t33-/m0/s1. The fourth-order valence-electron chi connectivity index (χ4n) is 5.51. The summed E-state index contributed by atoms with van der Waals surface area (Å²) < 4.78 is 19.3. The van der Waals surface area contributed by atoms with Crippen LogP contribution in [0.1, 0.15) is 35.2 Å². The molecule has 0 aliphatic carbocycles. The first-order chi connectivity index (χ1) is 23.8. The predicted molar refractivity (Wildman–Crippen MR) is 190 cm³/mol. The van der Waals surface area contributed by atoms with Gasteiger partial charge < -0.3 is 14.2 Å². The lowest BCUT2D eigenvalue weighted by atomic mass is 9.93. The number of nitrogens with zero attached hydrogens (tertiary/aromatic N) is 3. The Morgan fingerprint density at radius 1 is 1.02 bits per heavy atom. The minimum absolute atomic E-state index is 0.0165. The number of methoxy groups -OCH3 is 1. The van der Waals surface area contributed by atoms with Crippen molar-refractivity contribution in [2.45, 2.75) is 24.5 Å². The van der Waals surface area contributed by atoms with Gasteiger partial charge in [-0.3, -0.25) is 19.5 Å². The first-order valence-electron chi connectivity index (χ1n) is 15.3. The number of esters is 1. The number of ether oxygens (including phenoxy) is 3. The van der Waals surface area contributed by atoms with Gasteiger partial charge in [-0.05, 0) is 60.7 Å². The van der Waals surface area contributed by atoms with Crippen LogP contribution in [0.15, 0.2) is 117 Å². The molecule has 5 aromatic rings. The van der Waals surface area contributed by atoms with Gasteiger partial charge in [0.2, 0.25) is 0 Å². The highest BCUT2D eigenvalue weighted by molar-refractivity contribution is 7.98. The number of benzene rings is 4. The molecule has 0 amide bonds. The normalized spacial score (nSPS) is 14.2. The van der Waals surface area contributed by atoms with E-state index in [1.807, 2.05) is 66.9 Å². The first-order valence-corrected chi connectivity index (χ1v) is 17.3. The molecule has 1 aliphatic rings. The van der Waals surface area contributed by atoms with Crippen molar-refractivity contribution < 1.29 is 23.9 Å². The van der Waals surface area contributed by atoms with Crippen molar-refractivity contribution in [2.24, 2.45) is 4.99 Å². The van der Waals surface area contributed by atoms with Crippen molar-refractivity contribution in [1.29, 1.82) is 0 Å². The van der Waals surface area contributed by atoms with Crippen molar-refractivity contribution in [1.82, 2.24) is 4.57 Å². The summed E-state index contributed by atoms with van der Waals surface area (Å²) in [7, 11) is 1.52. The lowest BCUT2D eigenvalue weighted by Gasteiger charge is -2.26. The molecule has 0 saturated carbocycles. The maximum Gasteiger partial charge on any atom is 0.338 e. The zero-order chi connectivity index (χ0) is 34.5. The molecular weight excluding hydrogens is 663 g/mol. The molecule has 1 aromatic heterocycles. The predicted octanol–water partition coefficient (Wildman–Crippen LogP) is 6.15. The number of rotatable bonds is 11. The van der Waals surface area contributed by atoms with Crippen LogP contribution in [0.2, 0.25) is 0 Å². The lowest BCUT2D eigenvalue weighted by Crippen LogP contribution is -2.40. The van der Waals surface area contributed by atoms with E-state index < -0.39 is 16.9 Å². The molecule has 49 heavy (non-hydrogen) atoms. The Hall–Kier alpha value is -5.46. The van der Waals surface area contributed by atoms with Gasteiger partial charge in [0.1, 0.15) is 6.61 Å². The van der Waals surface area contributed by atoms with Crippen molar-refractivity contribution in [3.05, 3.63) is 155 Å². The molecule has 4 aromatic carbocycles. The van der Waals surface area contributed by atoms with E-state index in [2.05, 4.69) is 0 Å². The smallest absolute Gasteiger partial charge is 0.338 e. The summed E-state index contributed by atoms with van der Waals surface area (Å²) in [5.74, 6) is 0.301. The Morgan fingerprint density at radius 2 is 1.76 bits per heavy atom. The van der Waals surface area contributed by atoms with Gasteiger partial charge in [-0.2, -0.15) is 0 Å². The Labute approximate surface area is 289 Å². The molecule has 2 heterocycles. The minimum Gasteiger partial charge on any atom is -0.493 e. The average Bonchev–Trinajstić information content (AvgIpc) is 3.44. The van der Waals surface area contributed by atoms with E-state index in [0.29, 0.717) is 37.7 Å². The molecule has 1 atom stereocenters. The van der Waals surface area contributed by atoms with Gasteiger partial charge >= 0.3 is 5.97 Å². The van der Waals surface area contributed by atoms with Gasteiger partial charge in [0.25, 0.3) is 11.2 Å². The van der Waals surface area contributed by atoms with Gasteiger partial charge in [-0.25, -0.2) is 9.79 Å². The quantitative estimate of drug-likeness (QED) is 0.0699. The highest BCUT2D eigenvalue weighted by atomic mass is 32.2. The molecule has 1 aliphatic heterocycles. The number of nitro groups is 1. The second-order valence-electron chi connectivity index (χ2n) is 10.8. The highest BCUT2D eigenvalue weighted by Gasteiger charge is 2.35. The van der Waals surface area contributed by atoms with Crippen LogP contribution in [0.4, 0.5) is 5.69 Å². The van der Waals surface area contributed by atoms with Crippen LogP contribution in [0.5, 0.6) is 11.5 Å². The molecule has 0 spiro atoms. The molecular formula is C37H31N3O7S2. The maximum atomic E-state index is 14.4. The van der Waals surface area contributed by atoms with E-state index in [1.165, 1.54) is 30.6 Å². The van der Waals surface area contributed by atoms with Gasteiger partial charge in [0.15, 0.2) is 16.3 Å². The summed E-state index contributed by atoms with van der Waals surface area (Å²) in [6.07, 6.45) is 3.71. The fraction of sp³-hybridized carbons (Fsp3) is 0.162. The van der Waals surface area contributed by atoms with Crippen LogP contribution in [0, 0.1) is 10.1 Å². The van der Waals surface area contributed by atoms with Crippen LogP contribution in [0.25, 0.3) is 11.8 Å². The van der Waals surface area contributed by atoms with E-state index in [0.717, 1.165) is 16.0 Å². The summed E-state index contributed by atoms with van der Waals surface area (Å²) in [5, 5.41) is 11.1. The van der Waals surface area contributed by atoms with E-state index in [-0.39, 0.29) is 30.0 Å². The molecule has 0 N–H and O–H groups in total. The second-order valence-corrected chi connectivity index (χ2v) is 12.7. The molecule has 248 valence electrons. The van der Waals surface area contributed by atoms with Crippen molar-refractivity contribution in [3.8, 4) is 11.5 Å². The summed E-state index contributed by atoms with van der Waals surface area (Å²) in [6.45, 7) is 2.01. The zero-order valence-electron chi connectivity index (χ0n) is 26.8. The topological polar surface area (TPSA) is 122 Å². The average molecular weight is 694 g/mol.